The van der Waals surface area contributed by atoms with Crippen molar-refractivity contribution in [3.63, 3.8) is 0 Å². The van der Waals surface area contributed by atoms with Gasteiger partial charge in [-0.3, -0.25) is 4.79 Å². The van der Waals surface area contributed by atoms with E-state index < -0.39 is 0 Å². The molecule has 0 radical (unpaired) electrons. The summed E-state index contributed by atoms with van der Waals surface area (Å²) in [5, 5.41) is 0. The van der Waals surface area contributed by atoms with Gasteiger partial charge in [-0.1, -0.05) is 31.9 Å². The lowest BCUT2D eigenvalue weighted by molar-refractivity contribution is -0.910. The summed E-state index contributed by atoms with van der Waals surface area (Å²) in [6, 6.07) is 12.4. The summed E-state index contributed by atoms with van der Waals surface area (Å²) in [4.78, 5) is 15.5. The molecule has 0 saturated carbocycles. The first kappa shape index (κ1) is 24.3. The minimum absolute atomic E-state index is 0.0760. The van der Waals surface area contributed by atoms with Crippen molar-refractivity contribution in [2.45, 2.75) is 39.0 Å². The van der Waals surface area contributed by atoms with Gasteiger partial charge < -0.3 is 18.9 Å². The molecule has 0 bridgehead atoms. The van der Waals surface area contributed by atoms with Crippen molar-refractivity contribution in [1.29, 1.82) is 0 Å². The summed E-state index contributed by atoms with van der Waals surface area (Å²) in [5.41, 5.74) is 4.86. The van der Waals surface area contributed by atoms with E-state index in [1.165, 1.54) is 55.5 Å². The van der Waals surface area contributed by atoms with Crippen LogP contribution in [0.25, 0.3) is 6.08 Å². The number of rotatable bonds is 9. The largest absolute Gasteiger partial charge is 0.493 e. The zero-order valence-corrected chi connectivity index (χ0v) is 21.2. The van der Waals surface area contributed by atoms with Crippen LogP contribution in [-0.4, -0.2) is 64.3 Å². The molecule has 4 rings (SSSR count). The first-order valence-corrected chi connectivity index (χ1v) is 12.6. The predicted octanol–water partition coefficient (Wildman–Crippen LogP) is 5.37. The van der Waals surface area contributed by atoms with Crippen molar-refractivity contribution in [3.8, 4) is 11.5 Å². The number of ketones is 1. The summed E-state index contributed by atoms with van der Waals surface area (Å²) in [7, 11) is 5.63. The third-order valence-corrected chi connectivity index (χ3v) is 7.50. The van der Waals surface area contributed by atoms with Crippen molar-refractivity contribution in [1.82, 2.24) is 0 Å². The highest BCUT2D eigenvalue weighted by Crippen LogP contribution is 2.37. The van der Waals surface area contributed by atoms with E-state index in [2.05, 4.69) is 43.1 Å². The smallest absolute Gasteiger partial charge is 0.189 e. The van der Waals surface area contributed by atoms with Crippen molar-refractivity contribution < 1.29 is 18.8 Å². The molecule has 2 aromatic rings. The molecule has 0 N–H and O–H groups in total. The van der Waals surface area contributed by atoms with Crippen molar-refractivity contribution in [3.05, 3.63) is 58.7 Å². The van der Waals surface area contributed by atoms with E-state index >= 15 is 0 Å². The molecule has 1 heterocycles. The number of hydrogen-bond acceptors (Lipinski definition) is 4. The Balaban J connectivity index is 1.38. The summed E-state index contributed by atoms with van der Waals surface area (Å²) in [6.07, 6.45) is 8.00. The fraction of sp³-hybridized carbons (Fsp3) is 0.483. The molecule has 1 fully saturated rings. The molecule has 182 valence electrons. The fourth-order valence-corrected chi connectivity index (χ4v) is 5.19. The van der Waals surface area contributed by atoms with E-state index in [4.69, 9.17) is 9.47 Å². The second kappa shape index (κ2) is 10.6. The average Bonchev–Trinajstić information content (AvgIpc) is 3.16. The molecule has 1 saturated heterocycles. The lowest BCUT2D eigenvalue weighted by Crippen LogP contribution is -2.57. The van der Waals surface area contributed by atoms with Crippen LogP contribution in [0, 0.1) is 0 Å². The molecular formula is C29H39N2O3+. The van der Waals surface area contributed by atoms with Crippen LogP contribution in [0.3, 0.4) is 0 Å². The van der Waals surface area contributed by atoms with Gasteiger partial charge in [-0.2, -0.15) is 0 Å². The van der Waals surface area contributed by atoms with Gasteiger partial charge in [0.05, 0.1) is 54.0 Å². The van der Waals surface area contributed by atoms with Crippen LogP contribution in [0.15, 0.2) is 42.0 Å². The number of likely N-dealkylation sites (N-methyl/N-ethyl adjacent to an activating group) is 1. The van der Waals surface area contributed by atoms with Crippen LogP contribution in [-0.2, 0) is 6.42 Å². The van der Waals surface area contributed by atoms with Crippen LogP contribution in [0.2, 0.25) is 0 Å². The fourth-order valence-electron chi connectivity index (χ4n) is 5.19. The number of allylic oxidation sites excluding steroid dienone is 1. The zero-order chi connectivity index (χ0) is 24.1. The maximum atomic E-state index is 13.0. The third kappa shape index (κ3) is 5.30. The van der Waals surface area contributed by atoms with E-state index in [0.29, 0.717) is 23.5 Å². The van der Waals surface area contributed by atoms with Gasteiger partial charge >= 0.3 is 0 Å². The molecule has 5 nitrogen and oxygen atoms in total. The molecule has 1 aliphatic carbocycles. The molecule has 1 aliphatic heterocycles. The zero-order valence-electron chi connectivity index (χ0n) is 21.2. The highest BCUT2D eigenvalue weighted by atomic mass is 16.5. The Morgan fingerprint density at radius 2 is 1.65 bits per heavy atom. The number of carbonyl (C=O) groups is 1. The number of benzene rings is 2. The monoisotopic (exact) mass is 463 g/mol. The molecule has 0 atom stereocenters. The number of anilines is 1. The molecule has 2 aliphatic rings. The number of methoxy groups -OCH3 is 2. The Morgan fingerprint density at radius 3 is 2.29 bits per heavy atom. The Labute approximate surface area is 204 Å². The van der Waals surface area contributed by atoms with E-state index in [9.17, 15) is 4.79 Å². The molecule has 0 aromatic heterocycles. The Kier molecular flexibility index (Phi) is 7.62. The molecule has 5 heteroatoms. The Hall–Kier alpha value is -2.79. The molecule has 0 unspecified atom stereocenters. The van der Waals surface area contributed by atoms with Gasteiger partial charge in [-0.05, 0) is 54.3 Å². The number of carbonyl (C=O) groups excluding carboxylic acids is 1. The first-order chi connectivity index (χ1) is 16.5. The Bertz CT molecular complexity index is 1030. The number of nitrogens with zero attached hydrogens (tertiary/aromatic N) is 2. The number of Topliss-reactive ketones (excluding diaryl/α,β-unsaturated/α-hetero) is 1. The van der Waals surface area contributed by atoms with Gasteiger partial charge in [-0.25, -0.2) is 0 Å². The maximum Gasteiger partial charge on any atom is 0.189 e. The lowest BCUT2D eigenvalue weighted by Gasteiger charge is -2.43. The molecule has 34 heavy (non-hydrogen) atoms. The average molecular weight is 464 g/mol. The quantitative estimate of drug-likeness (QED) is 0.285. The van der Waals surface area contributed by atoms with Crippen molar-refractivity contribution in [2.24, 2.45) is 0 Å². The third-order valence-electron chi connectivity index (χ3n) is 7.50. The number of unbranched alkanes of at least 4 members (excludes halogenated alkanes) is 3. The number of piperazine rings is 1. The minimum Gasteiger partial charge on any atom is -0.493 e. The van der Waals surface area contributed by atoms with Crippen LogP contribution >= 0.6 is 0 Å². The predicted molar refractivity (Wildman–Crippen MR) is 139 cm³/mol. The van der Waals surface area contributed by atoms with E-state index in [1.807, 2.05) is 12.1 Å². The normalized spacial score (nSPS) is 18.3. The maximum absolute atomic E-state index is 13.0. The van der Waals surface area contributed by atoms with E-state index in [-0.39, 0.29) is 5.78 Å². The van der Waals surface area contributed by atoms with Gasteiger partial charge in [0.2, 0.25) is 0 Å². The van der Waals surface area contributed by atoms with Gasteiger partial charge in [0, 0.05) is 23.2 Å². The van der Waals surface area contributed by atoms with Crippen LogP contribution < -0.4 is 14.4 Å². The van der Waals surface area contributed by atoms with Gasteiger partial charge in [0.15, 0.2) is 17.3 Å². The van der Waals surface area contributed by atoms with Crippen LogP contribution in [0.1, 0.15) is 54.1 Å². The number of fused-ring (bicyclic) bond motifs is 1. The molecular weight excluding hydrogens is 424 g/mol. The number of hydrogen-bond donors (Lipinski definition) is 0. The van der Waals surface area contributed by atoms with Gasteiger partial charge in [0.1, 0.15) is 0 Å². The number of ether oxygens (including phenoxy) is 2. The van der Waals surface area contributed by atoms with Gasteiger partial charge in [-0.15, -0.1) is 0 Å². The second-order valence-electron chi connectivity index (χ2n) is 9.97. The van der Waals surface area contributed by atoms with Crippen LogP contribution in [0.5, 0.6) is 11.5 Å². The molecule has 0 amide bonds. The number of quaternary nitrogens is 1. The van der Waals surface area contributed by atoms with E-state index in [1.54, 1.807) is 20.3 Å². The lowest BCUT2D eigenvalue weighted by atomic mass is 10.1. The summed E-state index contributed by atoms with van der Waals surface area (Å²) >= 11 is 0. The van der Waals surface area contributed by atoms with Crippen molar-refractivity contribution in [2.75, 3.05) is 58.9 Å². The van der Waals surface area contributed by atoms with Crippen LogP contribution in [0.4, 0.5) is 5.69 Å². The summed E-state index contributed by atoms with van der Waals surface area (Å²) in [6.45, 7) is 8.18. The van der Waals surface area contributed by atoms with Crippen molar-refractivity contribution >= 4 is 17.5 Å². The SMILES string of the molecule is CCCCCC[N+]1(C)CCN(c2ccc(/C=C3\Cc4cc(OC)c(OC)cc4C3=O)cc2)CC1. The van der Waals surface area contributed by atoms with Gasteiger partial charge in [0.25, 0.3) is 0 Å². The Morgan fingerprint density at radius 1 is 0.971 bits per heavy atom. The minimum atomic E-state index is 0.0760. The molecule has 2 aromatic carbocycles. The topological polar surface area (TPSA) is 38.8 Å². The van der Waals surface area contributed by atoms with E-state index in [0.717, 1.165) is 29.8 Å². The second-order valence-corrected chi connectivity index (χ2v) is 9.97. The summed E-state index contributed by atoms with van der Waals surface area (Å²) in [5.74, 6) is 1.33. The highest BCUT2D eigenvalue weighted by Gasteiger charge is 2.29. The standard InChI is InChI=1S/C29H39N2O3/c1-5-6-7-8-15-31(2)16-13-30(14-17-31)25-11-9-22(10-12-25)18-24-19-23-20-27(33-3)28(34-4)21-26(23)29(24)32/h9-12,18,20-21H,5-8,13-17,19H2,1-4H3/q+1/b24-18+. The first-order valence-electron chi connectivity index (χ1n) is 12.6. The molecule has 0 spiro atoms. The highest BCUT2D eigenvalue weighted by molar-refractivity contribution is 6.15. The summed E-state index contributed by atoms with van der Waals surface area (Å²) < 4.78 is 12.0.